The number of aromatic nitrogens is 3. The standard InChI is InChI=1S/C31H26ClN7O4/c1-17(40)28-23-14-20(34-30(42)22-6-3-2-5-19(22)15-33)10-12-24(23)38(37-28)16-27(41)39-21-11-9-18(13-21)29(39)31(43)36-26-8-4-7-25(32)35-26/h2-8,10,12,14,18,21,29H,9,11,13,16H2,1H3,(H,34,42)(H,35,36,43)/t18-,21+,29-/m0/s1. The highest BCUT2D eigenvalue weighted by Crippen LogP contribution is 2.43. The summed E-state index contributed by atoms with van der Waals surface area (Å²) in [7, 11) is 0. The number of nitriles is 1. The number of carbonyl (C=O) groups is 4. The number of carbonyl (C=O) groups excluding carboxylic acids is 4. The molecule has 2 N–H and O–H groups in total. The van der Waals surface area contributed by atoms with Crippen molar-refractivity contribution in [1.82, 2.24) is 19.7 Å². The van der Waals surface area contributed by atoms with Crippen LogP contribution in [0.2, 0.25) is 5.15 Å². The van der Waals surface area contributed by atoms with Crippen molar-refractivity contribution in [2.75, 3.05) is 10.6 Å². The van der Waals surface area contributed by atoms with Crippen molar-refractivity contribution in [2.45, 2.75) is 44.8 Å². The molecule has 0 unspecified atom stereocenters. The second-order valence-electron chi connectivity index (χ2n) is 10.7. The van der Waals surface area contributed by atoms with Gasteiger partial charge in [0.15, 0.2) is 5.78 Å². The lowest BCUT2D eigenvalue weighted by atomic mass is 9.97. The van der Waals surface area contributed by atoms with Crippen LogP contribution in [0.3, 0.4) is 0 Å². The number of nitrogens with one attached hydrogen (secondary N) is 2. The minimum absolute atomic E-state index is 0.0348. The van der Waals surface area contributed by atoms with Crippen LogP contribution < -0.4 is 10.6 Å². The van der Waals surface area contributed by atoms with E-state index in [0.717, 1.165) is 19.3 Å². The number of halogens is 1. The van der Waals surface area contributed by atoms with Crippen molar-refractivity contribution in [1.29, 1.82) is 5.26 Å². The van der Waals surface area contributed by atoms with Crippen LogP contribution in [-0.4, -0.2) is 55.3 Å². The van der Waals surface area contributed by atoms with E-state index in [1.54, 1.807) is 65.6 Å². The molecule has 12 heteroatoms. The molecule has 2 aromatic heterocycles. The molecule has 2 aliphatic rings. The van der Waals surface area contributed by atoms with Gasteiger partial charge in [0.05, 0.1) is 22.7 Å². The SMILES string of the molecule is CC(=O)c1nn(CC(=O)N2[C@@H]3CC[C@@H](C3)[C@H]2C(=O)Nc2cccc(Cl)n2)c2ccc(NC(=O)c3ccccc3C#N)cc12. The molecule has 2 aromatic carbocycles. The van der Waals surface area contributed by atoms with Gasteiger partial charge in [-0.1, -0.05) is 29.8 Å². The van der Waals surface area contributed by atoms with Gasteiger partial charge >= 0.3 is 0 Å². The van der Waals surface area contributed by atoms with Crippen molar-refractivity contribution in [2.24, 2.45) is 5.92 Å². The van der Waals surface area contributed by atoms with Crippen molar-refractivity contribution in [3.05, 3.63) is 82.6 Å². The number of benzene rings is 2. The number of fused-ring (bicyclic) bond motifs is 3. The Labute approximate surface area is 251 Å². The van der Waals surface area contributed by atoms with E-state index in [0.29, 0.717) is 22.4 Å². The van der Waals surface area contributed by atoms with Gasteiger partial charge in [-0.05, 0) is 67.6 Å². The maximum absolute atomic E-state index is 13.8. The molecule has 1 aliphatic carbocycles. The Morgan fingerprint density at radius 2 is 1.86 bits per heavy atom. The molecule has 4 aromatic rings. The van der Waals surface area contributed by atoms with E-state index in [2.05, 4.69) is 20.7 Å². The summed E-state index contributed by atoms with van der Waals surface area (Å²) in [5, 5.41) is 20.1. The summed E-state index contributed by atoms with van der Waals surface area (Å²) in [6.07, 6.45) is 2.40. The fraction of sp³-hybridized carbons (Fsp3) is 0.258. The molecule has 0 spiro atoms. The number of piperidine rings is 1. The number of hydrogen-bond donors (Lipinski definition) is 2. The minimum atomic E-state index is -0.653. The molecule has 2 fully saturated rings. The van der Waals surface area contributed by atoms with Crippen molar-refractivity contribution in [3.8, 4) is 6.07 Å². The monoisotopic (exact) mass is 595 g/mol. The Morgan fingerprint density at radius 1 is 1.05 bits per heavy atom. The number of amides is 3. The fourth-order valence-electron chi connectivity index (χ4n) is 6.19. The van der Waals surface area contributed by atoms with Crippen molar-refractivity contribution in [3.63, 3.8) is 0 Å². The number of ketones is 1. The summed E-state index contributed by atoms with van der Waals surface area (Å²) < 4.78 is 1.46. The molecule has 43 heavy (non-hydrogen) atoms. The second kappa shape index (κ2) is 11.3. The zero-order valence-corrected chi connectivity index (χ0v) is 23.8. The summed E-state index contributed by atoms with van der Waals surface area (Å²) in [4.78, 5) is 58.3. The third kappa shape index (κ3) is 5.33. The Hall–Kier alpha value is -5.08. The first kappa shape index (κ1) is 28.1. The highest BCUT2D eigenvalue weighted by molar-refractivity contribution is 6.29. The number of Topliss-reactive ketones (excluding diaryl/α,β-unsaturated/α-hetero) is 1. The van der Waals surface area contributed by atoms with Gasteiger partial charge in [-0.2, -0.15) is 10.4 Å². The normalized spacial score (nSPS) is 18.8. The Bertz CT molecular complexity index is 1850. The van der Waals surface area contributed by atoms with Crippen LogP contribution in [0.1, 0.15) is 52.6 Å². The van der Waals surface area contributed by atoms with Gasteiger partial charge in [0.2, 0.25) is 11.8 Å². The van der Waals surface area contributed by atoms with E-state index in [1.807, 2.05) is 6.07 Å². The van der Waals surface area contributed by atoms with Crippen LogP contribution in [-0.2, 0) is 16.1 Å². The number of nitrogens with zero attached hydrogens (tertiary/aromatic N) is 5. The Morgan fingerprint density at radius 3 is 2.63 bits per heavy atom. The van der Waals surface area contributed by atoms with Crippen molar-refractivity contribution < 1.29 is 19.2 Å². The maximum atomic E-state index is 13.8. The summed E-state index contributed by atoms with van der Waals surface area (Å²) in [6.45, 7) is 1.21. The Kier molecular flexibility index (Phi) is 7.38. The molecule has 1 saturated heterocycles. The largest absolute Gasteiger partial charge is 0.326 e. The number of rotatable bonds is 7. The second-order valence-corrected chi connectivity index (χ2v) is 11.1. The lowest BCUT2D eigenvalue weighted by Crippen LogP contribution is -2.52. The molecular weight excluding hydrogens is 570 g/mol. The summed E-state index contributed by atoms with van der Waals surface area (Å²) in [5.74, 6) is -1.02. The molecule has 1 aliphatic heterocycles. The molecule has 1 saturated carbocycles. The molecule has 3 heterocycles. The average Bonchev–Trinajstić information content (AvgIpc) is 3.71. The first-order valence-electron chi connectivity index (χ1n) is 13.8. The fourth-order valence-corrected chi connectivity index (χ4v) is 6.35. The molecule has 11 nitrogen and oxygen atoms in total. The number of hydrogen-bond acceptors (Lipinski definition) is 7. The summed E-state index contributed by atoms with van der Waals surface area (Å²) in [5.41, 5.74) is 1.55. The van der Waals surface area contributed by atoms with Crippen LogP contribution in [0.15, 0.2) is 60.7 Å². The first-order chi connectivity index (χ1) is 20.7. The smallest absolute Gasteiger partial charge is 0.257 e. The predicted molar refractivity (Wildman–Crippen MR) is 158 cm³/mol. The summed E-state index contributed by atoms with van der Waals surface area (Å²) in [6, 6.07) is 17.6. The van der Waals surface area contributed by atoms with Crippen LogP contribution in [0.4, 0.5) is 11.5 Å². The predicted octanol–water partition coefficient (Wildman–Crippen LogP) is 4.43. The van der Waals surface area contributed by atoms with Crippen LogP contribution >= 0.6 is 11.6 Å². The average molecular weight is 596 g/mol. The molecule has 0 radical (unpaired) electrons. The number of pyridine rings is 1. The molecule has 6 rings (SSSR count). The zero-order valence-electron chi connectivity index (χ0n) is 23.1. The van der Waals surface area contributed by atoms with E-state index in [4.69, 9.17) is 11.6 Å². The van der Waals surface area contributed by atoms with E-state index in [-0.39, 0.29) is 58.1 Å². The van der Waals surface area contributed by atoms with Gasteiger partial charge in [0.25, 0.3) is 5.91 Å². The minimum Gasteiger partial charge on any atom is -0.326 e. The van der Waals surface area contributed by atoms with Crippen LogP contribution in [0, 0.1) is 17.2 Å². The van der Waals surface area contributed by atoms with Gasteiger partial charge in [-0.3, -0.25) is 23.9 Å². The molecule has 216 valence electrons. The lowest BCUT2D eigenvalue weighted by molar-refractivity contribution is -0.141. The summed E-state index contributed by atoms with van der Waals surface area (Å²) >= 11 is 5.97. The molecular formula is C31H26ClN7O4. The quantitative estimate of drug-likeness (QED) is 0.237. The van der Waals surface area contributed by atoms with Gasteiger partial charge in [-0.15, -0.1) is 0 Å². The third-order valence-electron chi connectivity index (χ3n) is 8.03. The van der Waals surface area contributed by atoms with E-state index in [1.165, 1.54) is 11.6 Å². The topological polar surface area (TPSA) is 150 Å². The first-order valence-corrected chi connectivity index (χ1v) is 14.2. The van der Waals surface area contributed by atoms with Crippen LogP contribution in [0.25, 0.3) is 10.9 Å². The van der Waals surface area contributed by atoms with Gasteiger partial charge in [-0.25, -0.2) is 4.98 Å². The highest BCUT2D eigenvalue weighted by atomic mass is 35.5. The molecule has 3 atom stereocenters. The van der Waals surface area contributed by atoms with E-state index >= 15 is 0 Å². The Balaban J connectivity index is 1.25. The molecule has 3 amide bonds. The molecule has 2 bridgehead atoms. The third-order valence-corrected chi connectivity index (χ3v) is 8.24. The maximum Gasteiger partial charge on any atom is 0.257 e. The van der Waals surface area contributed by atoms with Crippen molar-refractivity contribution >= 4 is 57.5 Å². The number of likely N-dealkylation sites (tertiary alicyclic amines) is 1. The zero-order chi connectivity index (χ0) is 30.2. The van der Waals surface area contributed by atoms with E-state index < -0.39 is 11.9 Å². The number of anilines is 2. The highest BCUT2D eigenvalue weighted by Gasteiger charge is 2.51. The van der Waals surface area contributed by atoms with Gasteiger partial charge in [0.1, 0.15) is 29.3 Å². The van der Waals surface area contributed by atoms with E-state index in [9.17, 15) is 24.4 Å². The van der Waals surface area contributed by atoms with Gasteiger partial charge < -0.3 is 15.5 Å². The lowest BCUT2D eigenvalue weighted by Gasteiger charge is -2.34. The van der Waals surface area contributed by atoms with Gasteiger partial charge in [0, 0.05) is 24.0 Å². The van der Waals surface area contributed by atoms with Crippen LogP contribution in [0.5, 0.6) is 0 Å².